The van der Waals surface area contributed by atoms with Gasteiger partial charge in [0.15, 0.2) is 22.1 Å². The average molecular weight is 433 g/mol. The Balaban J connectivity index is 1.85. The predicted octanol–water partition coefficient (Wildman–Crippen LogP) is 4.11. The number of aryl methyl sites for hydroxylation is 1. The molecule has 0 fully saturated rings. The van der Waals surface area contributed by atoms with Crippen LogP contribution in [0.4, 0.5) is 14.6 Å². The fraction of sp³-hybridized carbons (Fsp3) is 0.312. The Bertz CT molecular complexity index is 916. The highest BCUT2D eigenvalue weighted by Gasteiger charge is 2.16. The van der Waals surface area contributed by atoms with E-state index >= 15 is 0 Å². The number of fused-ring (bicyclic) bond motifs is 1. The van der Waals surface area contributed by atoms with Gasteiger partial charge in [-0.15, -0.1) is 0 Å². The Morgan fingerprint density at radius 3 is 2.63 bits per heavy atom. The minimum atomic E-state index is -2.37. The summed E-state index contributed by atoms with van der Waals surface area (Å²) in [4.78, 5) is 13.6. The Morgan fingerprint density at radius 1 is 1.19 bits per heavy atom. The lowest BCUT2D eigenvalue weighted by atomic mass is 10.4. The van der Waals surface area contributed by atoms with E-state index in [1.807, 2.05) is 4.57 Å². The first-order valence-corrected chi connectivity index (χ1v) is 9.61. The standard InChI is InChI=1S/C16H16Cl2F2N6S/c17-9-4-10(18)6-11(5-9)27-16-25-13-14(21)23-8-24-15(13)26(16)3-1-2-22-7-12(19)20/h4-6,8,12,22H,1-3,7H2,(H2,21,23,24). The number of alkyl halides is 2. The van der Waals surface area contributed by atoms with E-state index < -0.39 is 6.43 Å². The zero-order chi connectivity index (χ0) is 19.4. The van der Waals surface area contributed by atoms with Crippen LogP contribution in [0.15, 0.2) is 34.6 Å². The molecule has 144 valence electrons. The summed E-state index contributed by atoms with van der Waals surface area (Å²) in [6.07, 6.45) is -0.382. The molecule has 0 saturated heterocycles. The Morgan fingerprint density at radius 2 is 1.93 bits per heavy atom. The normalized spacial score (nSPS) is 11.6. The molecule has 0 amide bonds. The van der Waals surface area contributed by atoms with Gasteiger partial charge in [-0.1, -0.05) is 35.0 Å². The van der Waals surface area contributed by atoms with Gasteiger partial charge in [0.05, 0.1) is 6.54 Å². The smallest absolute Gasteiger partial charge is 0.250 e. The van der Waals surface area contributed by atoms with Crippen LogP contribution in [-0.2, 0) is 6.54 Å². The van der Waals surface area contributed by atoms with Gasteiger partial charge < -0.3 is 15.6 Å². The summed E-state index contributed by atoms with van der Waals surface area (Å²) in [6, 6.07) is 5.20. The van der Waals surface area contributed by atoms with E-state index in [0.29, 0.717) is 45.9 Å². The highest BCUT2D eigenvalue weighted by Crippen LogP contribution is 2.34. The second-order valence-corrected chi connectivity index (χ2v) is 7.55. The van der Waals surface area contributed by atoms with Gasteiger partial charge >= 0.3 is 0 Å². The molecule has 11 heteroatoms. The van der Waals surface area contributed by atoms with E-state index in [1.54, 1.807) is 18.2 Å². The lowest BCUT2D eigenvalue weighted by molar-refractivity contribution is 0.146. The summed E-state index contributed by atoms with van der Waals surface area (Å²) in [5.74, 6) is 0.278. The van der Waals surface area contributed by atoms with Crippen LogP contribution in [-0.4, -0.2) is 39.0 Å². The molecule has 2 aromatic heterocycles. The van der Waals surface area contributed by atoms with Crippen LogP contribution in [0.2, 0.25) is 10.0 Å². The quantitative estimate of drug-likeness (QED) is 0.521. The first kappa shape index (κ1) is 20.1. The summed E-state index contributed by atoms with van der Waals surface area (Å²) >= 11 is 13.5. The molecular formula is C16H16Cl2F2N6S. The van der Waals surface area contributed by atoms with Crippen LogP contribution >= 0.6 is 35.0 Å². The van der Waals surface area contributed by atoms with Gasteiger partial charge in [0.1, 0.15) is 6.33 Å². The van der Waals surface area contributed by atoms with E-state index in [4.69, 9.17) is 28.9 Å². The van der Waals surface area contributed by atoms with Crippen molar-refractivity contribution in [3.63, 3.8) is 0 Å². The van der Waals surface area contributed by atoms with Crippen molar-refractivity contribution < 1.29 is 8.78 Å². The van der Waals surface area contributed by atoms with Crippen LogP contribution in [0.5, 0.6) is 0 Å². The number of halogens is 4. The molecule has 1 aromatic carbocycles. The molecule has 0 radical (unpaired) electrons. The molecule has 2 heterocycles. The first-order valence-electron chi connectivity index (χ1n) is 8.03. The number of hydrogen-bond acceptors (Lipinski definition) is 6. The van der Waals surface area contributed by atoms with Gasteiger partial charge in [-0.2, -0.15) is 0 Å². The number of aromatic nitrogens is 4. The van der Waals surface area contributed by atoms with E-state index in [-0.39, 0.29) is 12.4 Å². The number of rotatable bonds is 8. The van der Waals surface area contributed by atoms with Crippen molar-refractivity contribution in [2.45, 2.75) is 29.4 Å². The lowest BCUT2D eigenvalue weighted by Gasteiger charge is -2.09. The Labute approximate surface area is 168 Å². The topological polar surface area (TPSA) is 81.7 Å². The summed E-state index contributed by atoms with van der Waals surface area (Å²) in [7, 11) is 0. The molecule has 0 aliphatic carbocycles. The van der Waals surface area contributed by atoms with Crippen molar-refractivity contribution in [3.8, 4) is 0 Å². The van der Waals surface area contributed by atoms with Crippen LogP contribution in [0.3, 0.4) is 0 Å². The maximum absolute atomic E-state index is 12.2. The van der Waals surface area contributed by atoms with E-state index in [1.165, 1.54) is 18.1 Å². The highest BCUT2D eigenvalue weighted by atomic mass is 35.5. The van der Waals surface area contributed by atoms with Crippen LogP contribution < -0.4 is 11.1 Å². The monoisotopic (exact) mass is 432 g/mol. The van der Waals surface area contributed by atoms with Crippen molar-refractivity contribution in [3.05, 3.63) is 34.6 Å². The number of benzene rings is 1. The first-order chi connectivity index (χ1) is 12.9. The maximum atomic E-state index is 12.2. The number of hydrogen-bond donors (Lipinski definition) is 2. The Kier molecular flexibility index (Phi) is 6.69. The SMILES string of the molecule is Nc1ncnc2c1nc(Sc1cc(Cl)cc(Cl)c1)n2CCCNCC(F)F. The molecule has 3 N–H and O–H groups in total. The van der Waals surface area contributed by atoms with Crippen molar-refractivity contribution >= 4 is 51.9 Å². The third-order valence-electron chi connectivity index (χ3n) is 3.60. The summed E-state index contributed by atoms with van der Waals surface area (Å²) in [5.41, 5.74) is 7.00. The fourth-order valence-electron chi connectivity index (χ4n) is 2.48. The summed E-state index contributed by atoms with van der Waals surface area (Å²) < 4.78 is 26.3. The molecule has 3 rings (SSSR count). The number of anilines is 1. The molecule has 0 saturated carbocycles. The third-order valence-corrected chi connectivity index (χ3v) is 5.01. The largest absolute Gasteiger partial charge is 0.382 e. The molecule has 0 spiro atoms. The maximum Gasteiger partial charge on any atom is 0.250 e. The van der Waals surface area contributed by atoms with E-state index in [9.17, 15) is 8.78 Å². The van der Waals surface area contributed by atoms with Gasteiger partial charge in [0.2, 0.25) is 0 Å². The van der Waals surface area contributed by atoms with Crippen LogP contribution in [0.25, 0.3) is 11.2 Å². The van der Waals surface area contributed by atoms with Crippen molar-refractivity contribution in [1.29, 1.82) is 0 Å². The minimum Gasteiger partial charge on any atom is -0.382 e. The molecule has 0 unspecified atom stereocenters. The molecule has 0 bridgehead atoms. The average Bonchev–Trinajstić information content (AvgIpc) is 2.92. The van der Waals surface area contributed by atoms with Crippen LogP contribution in [0.1, 0.15) is 6.42 Å². The number of imidazole rings is 1. The molecular weight excluding hydrogens is 417 g/mol. The van der Waals surface area contributed by atoms with Gasteiger partial charge in [0, 0.05) is 21.5 Å². The number of nitrogen functional groups attached to an aromatic ring is 1. The van der Waals surface area contributed by atoms with Gasteiger partial charge in [0.25, 0.3) is 6.43 Å². The molecule has 27 heavy (non-hydrogen) atoms. The fourth-order valence-corrected chi connectivity index (χ4v) is 4.14. The summed E-state index contributed by atoms with van der Waals surface area (Å²) in [5, 5.41) is 4.38. The second-order valence-electron chi connectivity index (χ2n) is 5.63. The van der Waals surface area contributed by atoms with Gasteiger partial charge in [-0.25, -0.2) is 23.7 Å². The number of nitrogens with one attached hydrogen (secondary N) is 1. The van der Waals surface area contributed by atoms with Gasteiger partial charge in [-0.05, 0) is 31.2 Å². The van der Waals surface area contributed by atoms with Crippen LogP contribution in [0, 0.1) is 0 Å². The van der Waals surface area contributed by atoms with E-state index in [2.05, 4.69) is 20.3 Å². The molecule has 0 aliphatic heterocycles. The Hall–Kier alpha value is -1.68. The van der Waals surface area contributed by atoms with E-state index in [0.717, 1.165) is 4.90 Å². The molecule has 0 atom stereocenters. The van der Waals surface area contributed by atoms with Crippen molar-refractivity contribution in [1.82, 2.24) is 24.8 Å². The zero-order valence-electron chi connectivity index (χ0n) is 14.0. The number of nitrogens with two attached hydrogens (primary N) is 1. The van der Waals surface area contributed by atoms with Gasteiger partial charge in [-0.3, -0.25) is 0 Å². The number of nitrogens with zero attached hydrogens (tertiary/aromatic N) is 4. The molecule has 0 aliphatic rings. The predicted molar refractivity (Wildman–Crippen MR) is 104 cm³/mol. The third kappa shape index (κ3) is 5.19. The lowest BCUT2D eigenvalue weighted by Crippen LogP contribution is -2.23. The molecule has 3 aromatic rings. The van der Waals surface area contributed by atoms with Crippen molar-refractivity contribution in [2.75, 3.05) is 18.8 Å². The highest BCUT2D eigenvalue weighted by molar-refractivity contribution is 7.99. The second kappa shape index (κ2) is 9.01. The van der Waals surface area contributed by atoms with Crippen molar-refractivity contribution in [2.24, 2.45) is 0 Å². The molecule has 6 nitrogen and oxygen atoms in total. The summed E-state index contributed by atoms with van der Waals surface area (Å²) in [6.45, 7) is 0.639. The zero-order valence-corrected chi connectivity index (χ0v) is 16.3. The minimum absolute atomic E-state index is 0.278.